The van der Waals surface area contributed by atoms with Crippen LogP contribution in [0.15, 0.2) is 48.5 Å². The standard InChI is InChI=1S/C28H30N4O4/c1-17-11-12-18(2)32(17)21-13-20-14-22(30-27(34)36-28(3,4)5)26(33)31(6)25(20)24(15-21)35-23-10-8-7-9-19(23)16-29/h7-13,15,22H,14H2,1-6H3,(H,30,34). The quantitative estimate of drug-likeness (QED) is 0.549. The number of anilines is 1. The van der Waals surface area contributed by atoms with Gasteiger partial charge in [-0.25, -0.2) is 4.79 Å². The van der Waals surface area contributed by atoms with Crippen molar-refractivity contribution in [1.82, 2.24) is 9.88 Å². The molecule has 1 aliphatic rings. The first-order valence-electron chi connectivity index (χ1n) is 11.7. The molecule has 1 aromatic heterocycles. The maximum Gasteiger partial charge on any atom is 0.408 e. The molecule has 8 heteroatoms. The van der Waals surface area contributed by atoms with Crippen LogP contribution in [0.5, 0.6) is 11.5 Å². The molecule has 3 aromatic rings. The molecule has 4 rings (SSSR count). The highest BCUT2D eigenvalue weighted by atomic mass is 16.6. The smallest absolute Gasteiger partial charge is 0.408 e. The van der Waals surface area contributed by atoms with E-state index in [-0.39, 0.29) is 12.3 Å². The molecule has 1 unspecified atom stereocenters. The summed E-state index contributed by atoms with van der Waals surface area (Å²) in [6.45, 7) is 9.34. The molecule has 2 amide bonds. The molecular weight excluding hydrogens is 456 g/mol. The molecule has 8 nitrogen and oxygen atoms in total. The van der Waals surface area contributed by atoms with E-state index in [1.165, 1.54) is 4.90 Å². The molecular formula is C28H30N4O4. The fourth-order valence-electron chi connectivity index (χ4n) is 4.45. The summed E-state index contributed by atoms with van der Waals surface area (Å²) >= 11 is 0. The van der Waals surface area contributed by atoms with E-state index in [1.807, 2.05) is 38.1 Å². The van der Waals surface area contributed by atoms with Gasteiger partial charge in [-0.05, 0) is 70.5 Å². The molecule has 0 saturated heterocycles. The Balaban J connectivity index is 1.81. The first-order valence-corrected chi connectivity index (χ1v) is 11.7. The number of nitrogens with zero attached hydrogens (tertiary/aromatic N) is 3. The van der Waals surface area contributed by atoms with E-state index < -0.39 is 17.7 Å². The van der Waals surface area contributed by atoms with Gasteiger partial charge in [0.25, 0.3) is 0 Å². The molecule has 36 heavy (non-hydrogen) atoms. The van der Waals surface area contributed by atoms with Crippen LogP contribution in [0, 0.1) is 25.2 Å². The van der Waals surface area contributed by atoms with Crippen LogP contribution < -0.4 is 15.0 Å². The molecule has 0 spiro atoms. The van der Waals surface area contributed by atoms with Gasteiger partial charge in [0.1, 0.15) is 23.5 Å². The van der Waals surface area contributed by atoms with Gasteiger partial charge in [-0.2, -0.15) is 5.26 Å². The highest BCUT2D eigenvalue weighted by Gasteiger charge is 2.35. The van der Waals surface area contributed by atoms with Crippen molar-refractivity contribution in [3.05, 3.63) is 71.0 Å². The van der Waals surface area contributed by atoms with Crippen molar-refractivity contribution >= 4 is 17.7 Å². The first-order chi connectivity index (χ1) is 17.0. The molecule has 0 saturated carbocycles. The molecule has 1 aliphatic heterocycles. The summed E-state index contributed by atoms with van der Waals surface area (Å²) in [6, 6.07) is 16.3. The number of nitriles is 1. The summed E-state index contributed by atoms with van der Waals surface area (Å²) in [4.78, 5) is 27.2. The van der Waals surface area contributed by atoms with Gasteiger partial charge in [-0.1, -0.05) is 12.1 Å². The van der Waals surface area contributed by atoms with E-state index in [9.17, 15) is 14.9 Å². The van der Waals surface area contributed by atoms with Crippen LogP contribution >= 0.6 is 0 Å². The van der Waals surface area contributed by atoms with E-state index in [1.54, 1.807) is 52.1 Å². The first kappa shape index (κ1) is 24.9. The SMILES string of the molecule is Cc1ccc(C)n1-c1cc2c(c(Oc3ccccc3C#N)c1)N(C)C(=O)C(NC(=O)OC(C)(C)C)C2. The number of carbonyl (C=O) groups excluding carboxylic acids is 2. The zero-order valence-corrected chi connectivity index (χ0v) is 21.4. The van der Waals surface area contributed by atoms with Crippen LogP contribution in [-0.2, 0) is 16.0 Å². The molecule has 0 bridgehead atoms. The van der Waals surface area contributed by atoms with Crippen molar-refractivity contribution in [3.63, 3.8) is 0 Å². The van der Waals surface area contributed by atoms with E-state index in [0.29, 0.717) is 22.7 Å². The molecule has 1 N–H and O–H groups in total. The van der Waals surface area contributed by atoms with Gasteiger partial charge in [0.2, 0.25) is 5.91 Å². The second kappa shape index (κ2) is 9.42. The van der Waals surface area contributed by atoms with Crippen LogP contribution in [0.25, 0.3) is 5.69 Å². The Kier molecular flexibility index (Phi) is 6.51. The van der Waals surface area contributed by atoms with Crippen molar-refractivity contribution in [2.75, 3.05) is 11.9 Å². The number of aryl methyl sites for hydroxylation is 2. The van der Waals surface area contributed by atoms with Gasteiger partial charge in [0.05, 0.1) is 11.3 Å². The number of amides is 2. The topological polar surface area (TPSA) is 96.6 Å². The number of nitrogens with one attached hydrogen (secondary N) is 1. The van der Waals surface area contributed by atoms with Crippen LogP contribution in [0.4, 0.5) is 10.5 Å². The predicted octanol–water partition coefficient (Wildman–Crippen LogP) is 5.17. The van der Waals surface area contributed by atoms with Crippen molar-refractivity contribution in [2.24, 2.45) is 0 Å². The zero-order valence-electron chi connectivity index (χ0n) is 21.4. The number of rotatable bonds is 4. The summed E-state index contributed by atoms with van der Waals surface area (Å²) in [6.07, 6.45) is -0.383. The monoisotopic (exact) mass is 486 g/mol. The third-order valence-electron chi connectivity index (χ3n) is 5.97. The van der Waals surface area contributed by atoms with Crippen molar-refractivity contribution in [2.45, 2.75) is 52.7 Å². The van der Waals surface area contributed by atoms with E-state index >= 15 is 0 Å². The minimum Gasteiger partial charge on any atom is -0.454 e. The minimum absolute atomic E-state index is 0.265. The van der Waals surface area contributed by atoms with E-state index in [0.717, 1.165) is 22.6 Å². The molecule has 2 aromatic carbocycles. The van der Waals surface area contributed by atoms with Gasteiger partial charge >= 0.3 is 6.09 Å². The summed E-state index contributed by atoms with van der Waals surface area (Å²) in [5.74, 6) is 0.562. The van der Waals surface area contributed by atoms with Gasteiger partial charge in [0, 0.05) is 36.6 Å². The Bertz CT molecular complexity index is 1360. The number of para-hydroxylation sites is 1. The summed E-state index contributed by atoms with van der Waals surface area (Å²) in [5, 5.41) is 12.3. The van der Waals surface area contributed by atoms with E-state index in [2.05, 4.69) is 16.0 Å². The van der Waals surface area contributed by atoms with Crippen LogP contribution in [0.2, 0.25) is 0 Å². The predicted molar refractivity (Wildman–Crippen MR) is 137 cm³/mol. The molecule has 1 atom stereocenters. The highest BCUT2D eigenvalue weighted by molar-refractivity contribution is 6.02. The number of aromatic nitrogens is 1. The maximum absolute atomic E-state index is 13.3. The third-order valence-corrected chi connectivity index (χ3v) is 5.97. The average Bonchev–Trinajstić information content (AvgIpc) is 3.13. The van der Waals surface area contributed by atoms with Crippen LogP contribution in [-0.4, -0.2) is 35.3 Å². The lowest BCUT2D eigenvalue weighted by Crippen LogP contribution is -2.52. The average molecular weight is 487 g/mol. The number of hydrogen-bond donors (Lipinski definition) is 1. The molecule has 0 radical (unpaired) electrons. The maximum atomic E-state index is 13.3. The molecule has 0 aliphatic carbocycles. The lowest BCUT2D eigenvalue weighted by Gasteiger charge is -2.34. The number of fused-ring (bicyclic) bond motifs is 1. The third kappa shape index (κ3) is 4.91. The number of likely N-dealkylation sites (N-methyl/N-ethyl adjacent to an activating group) is 1. The van der Waals surface area contributed by atoms with Crippen molar-refractivity contribution in [3.8, 4) is 23.3 Å². The molecule has 2 heterocycles. The number of benzene rings is 2. The number of ether oxygens (including phenoxy) is 2. The van der Waals surface area contributed by atoms with E-state index in [4.69, 9.17) is 9.47 Å². The lowest BCUT2D eigenvalue weighted by atomic mass is 9.96. The van der Waals surface area contributed by atoms with Crippen LogP contribution in [0.1, 0.15) is 43.3 Å². The fraction of sp³-hybridized carbons (Fsp3) is 0.321. The van der Waals surface area contributed by atoms with Crippen molar-refractivity contribution in [1.29, 1.82) is 5.26 Å². The molecule has 0 fully saturated rings. The number of hydrogen-bond acceptors (Lipinski definition) is 5. The van der Waals surface area contributed by atoms with Gasteiger partial charge in [-0.15, -0.1) is 0 Å². The Morgan fingerprint density at radius 3 is 2.39 bits per heavy atom. The fourth-order valence-corrected chi connectivity index (χ4v) is 4.45. The van der Waals surface area contributed by atoms with Crippen LogP contribution in [0.3, 0.4) is 0 Å². The zero-order chi connectivity index (χ0) is 26.2. The molecule has 186 valence electrons. The van der Waals surface area contributed by atoms with Gasteiger partial charge in [0.15, 0.2) is 5.75 Å². The number of carbonyl (C=O) groups is 2. The lowest BCUT2D eigenvalue weighted by molar-refractivity contribution is -0.120. The van der Waals surface area contributed by atoms with Gasteiger partial charge < -0.3 is 24.3 Å². The largest absolute Gasteiger partial charge is 0.454 e. The Morgan fingerprint density at radius 2 is 1.75 bits per heavy atom. The normalized spacial score (nSPS) is 15.2. The highest BCUT2D eigenvalue weighted by Crippen LogP contribution is 2.41. The number of alkyl carbamates (subject to hydrolysis) is 1. The minimum atomic E-state index is -0.793. The summed E-state index contributed by atoms with van der Waals surface area (Å²) in [7, 11) is 1.65. The Morgan fingerprint density at radius 1 is 1.08 bits per heavy atom. The second-order valence-electron chi connectivity index (χ2n) is 9.91. The Hall–Kier alpha value is -4.25. The second-order valence-corrected chi connectivity index (χ2v) is 9.91. The Labute approximate surface area is 211 Å². The van der Waals surface area contributed by atoms with Crippen molar-refractivity contribution < 1.29 is 19.1 Å². The van der Waals surface area contributed by atoms with Gasteiger partial charge in [-0.3, -0.25) is 4.79 Å². The summed E-state index contributed by atoms with van der Waals surface area (Å²) in [5.41, 5.74) is 4.07. The summed E-state index contributed by atoms with van der Waals surface area (Å²) < 4.78 is 13.7.